The minimum Gasteiger partial charge on any atom is -0.670 e. The van der Waals surface area contributed by atoms with Crippen LogP contribution in [0.25, 0.3) is 0 Å². The van der Waals surface area contributed by atoms with E-state index in [2.05, 4.69) is 4.98 Å². The average molecular weight is 521 g/mol. The number of aromatic hydroxyl groups is 2. The minimum atomic E-state index is -0.830. The number of carbonyl (C=O) groups excluding carboxylic acids is 1. The number of nitrogens with zero attached hydrogens (tertiary/aromatic N) is 1. The highest BCUT2D eigenvalue weighted by atomic mass is 16.5. The highest BCUT2D eigenvalue weighted by molar-refractivity contribution is 5.79. The number of aromatic nitrogens is 1. The van der Waals surface area contributed by atoms with Gasteiger partial charge in [0.25, 0.3) is 0 Å². The molecular weight excluding hydrogens is 482 g/mol. The normalized spacial score (nSPS) is 15.6. The number of aliphatic hydroxyl groups excluding tert-OH is 1. The molecule has 3 aromatic rings. The first kappa shape index (κ1) is 27.6. The van der Waals surface area contributed by atoms with Crippen LogP contribution in [0.3, 0.4) is 0 Å². The summed E-state index contributed by atoms with van der Waals surface area (Å²) in [5.41, 5.74) is 2.84. The average Bonchev–Trinajstić information content (AvgIpc) is 3.43. The van der Waals surface area contributed by atoms with E-state index < -0.39 is 6.10 Å². The molecule has 1 aromatic heterocycles. The molecule has 1 aliphatic carbocycles. The Morgan fingerprint density at radius 1 is 0.947 bits per heavy atom. The minimum absolute atomic E-state index is 0.0257. The topological polar surface area (TPSA) is 110 Å². The summed E-state index contributed by atoms with van der Waals surface area (Å²) >= 11 is 0. The lowest BCUT2D eigenvalue weighted by molar-refractivity contribution is -0.121. The number of benzene rings is 2. The number of aryl methyl sites for hydroxylation is 1. The third kappa shape index (κ3) is 7.78. The lowest BCUT2D eigenvalue weighted by atomic mass is 9.86. The van der Waals surface area contributed by atoms with E-state index in [1.165, 1.54) is 13.5 Å². The van der Waals surface area contributed by atoms with Gasteiger partial charge in [-0.2, -0.15) is 12.4 Å². The number of ketones is 1. The molecule has 0 radical (unpaired) electrons. The molecule has 2 aromatic carbocycles. The van der Waals surface area contributed by atoms with Crippen molar-refractivity contribution in [3.8, 4) is 23.0 Å². The Kier molecular flexibility index (Phi) is 9.71. The number of Topliss-reactive ketones (excluding diaryl/α,β-unsaturated/α-hetero) is 1. The van der Waals surface area contributed by atoms with Gasteiger partial charge in [-0.05, 0) is 86.3 Å². The number of ether oxygens (including phenoxy) is 2. The van der Waals surface area contributed by atoms with Gasteiger partial charge in [-0.3, -0.25) is 4.79 Å². The SMILES string of the molecule is COc1cc(CCC(=O)CC(O)C(Cc2cc[n-]c2)Cc2ccc(O)c(OC3CCCCC3)c2)ccc1O. The lowest BCUT2D eigenvalue weighted by Gasteiger charge is -2.25. The van der Waals surface area contributed by atoms with E-state index >= 15 is 0 Å². The third-order valence-corrected chi connectivity index (χ3v) is 7.40. The van der Waals surface area contributed by atoms with Crippen molar-refractivity contribution in [3.63, 3.8) is 0 Å². The first-order chi connectivity index (χ1) is 18.4. The van der Waals surface area contributed by atoms with Gasteiger partial charge in [-0.15, -0.1) is 0 Å². The molecule has 3 N–H and O–H groups in total. The van der Waals surface area contributed by atoms with Crippen molar-refractivity contribution in [2.45, 2.75) is 76.4 Å². The van der Waals surface area contributed by atoms with Crippen molar-refractivity contribution in [1.29, 1.82) is 0 Å². The molecule has 204 valence electrons. The molecule has 2 unspecified atom stereocenters. The zero-order valence-corrected chi connectivity index (χ0v) is 22.0. The second-order valence-electron chi connectivity index (χ2n) is 10.3. The molecular formula is C31H38NO6-. The fraction of sp³-hybridized carbons (Fsp3) is 0.452. The number of rotatable bonds is 13. The summed E-state index contributed by atoms with van der Waals surface area (Å²) in [5.74, 6) is 0.811. The van der Waals surface area contributed by atoms with Crippen molar-refractivity contribution < 1.29 is 29.6 Å². The Morgan fingerprint density at radius 2 is 1.63 bits per heavy atom. The highest BCUT2D eigenvalue weighted by Crippen LogP contribution is 2.33. The van der Waals surface area contributed by atoms with Gasteiger partial charge in [0, 0.05) is 12.8 Å². The van der Waals surface area contributed by atoms with E-state index in [1.807, 2.05) is 18.2 Å². The molecule has 4 rings (SSSR count). The van der Waals surface area contributed by atoms with Crippen LogP contribution in [0.4, 0.5) is 0 Å². The molecule has 7 nitrogen and oxygen atoms in total. The molecule has 2 atom stereocenters. The molecule has 1 saturated carbocycles. The third-order valence-electron chi connectivity index (χ3n) is 7.40. The molecule has 1 heterocycles. The predicted octanol–water partition coefficient (Wildman–Crippen LogP) is 5.13. The first-order valence-corrected chi connectivity index (χ1v) is 13.5. The standard InChI is InChI=1S/C31H38NO6/c1-37-30-17-21(8-11-27(30)34)7-10-25(33)19-29(36)24(16-23-13-14-32-20-23)15-22-9-12-28(35)31(18-22)38-26-5-3-2-4-6-26/h8-9,11-14,17-18,20,24,26,29,34-36H,2-7,10,15-16,19H2,1H3/q-1. The zero-order valence-electron chi connectivity index (χ0n) is 22.0. The van der Waals surface area contributed by atoms with Gasteiger partial charge in [-0.25, -0.2) is 0 Å². The largest absolute Gasteiger partial charge is 0.670 e. The van der Waals surface area contributed by atoms with Gasteiger partial charge in [-0.1, -0.05) is 30.2 Å². The molecule has 7 heteroatoms. The van der Waals surface area contributed by atoms with Crippen LogP contribution in [-0.4, -0.2) is 40.4 Å². The van der Waals surface area contributed by atoms with Crippen molar-refractivity contribution in [1.82, 2.24) is 4.98 Å². The number of phenols is 2. The maximum atomic E-state index is 12.8. The maximum Gasteiger partial charge on any atom is 0.161 e. The fourth-order valence-electron chi connectivity index (χ4n) is 5.20. The molecule has 0 amide bonds. The summed E-state index contributed by atoms with van der Waals surface area (Å²) in [4.78, 5) is 17.0. The fourth-order valence-corrected chi connectivity index (χ4v) is 5.20. The van der Waals surface area contributed by atoms with E-state index in [0.717, 1.165) is 42.4 Å². The van der Waals surface area contributed by atoms with Crippen LogP contribution in [0.15, 0.2) is 54.9 Å². The number of methoxy groups -OCH3 is 1. The number of hydrogen-bond donors (Lipinski definition) is 3. The Labute approximate surface area is 224 Å². The molecule has 0 saturated heterocycles. The Balaban J connectivity index is 1.40. The molecule has 38 heavy (non-hydrogen) atoms. The van der Waals surface area contributed by atoms with Crippen molar-refractivity contribution in [2.75, 3.05) is 7.11 Å². The molecule has 0 spiro atoms. The van der Waals surface area contributed by atoms with Gasteiger partial charge < -0.3 is 29.8 Å². The zero-order chi connectivity index (χ0) is 26.9. The number of carbonyl (C=O) groups is 1. The van der Waals surface area contributed by atoms with Crippen LogP contribution in [0.5, 0.6) is 23.0 Å². The number of phenolic OH excluding ortho intramolecular Hbond substituents is 2. The van der Waals surface area contributed by atoms with Crippen LogP contribution < -0.4 is 14.5 Å². The lowest BCUT2D eigenvalue weighted by Crippen LogP contribution is -2.27. The van der Waals surface area contributed by atoms with E-state index in [0.29, 0.717) is 30.8 Å². The van der Waals surface area contributed by atoms with Crippen LogP contribution in [0, 0.1) is 5.92 Å². The van der Waals surface area contributed by atoms with Crippen molar-refractivity contribution in [2.24, 2.45) is 5.92 Å². The van der Waals surface area contributed by atoms with Gasteiger partial charge >= 0.3 is 0 Å². The van der Waals surface area contributed by atoms with Crippen molar-refractivity contribution >= 4 is 5.78 Å². The molecule has 1 fully saturated rings. The van der Waals surface area contributed by atoms with Crippen LogP contribution in [-0.2, 0) is 24.1 Å². The summed E-state index contributed by atoms with van der Waals surface area (Å²) in [7, 11) is 1.49. The summed E-state index contributed by atoms with van der Waals surface area (Å²) < 4.78 is 11.3. The monoisotopic (exact) mass is 520 g/mol. The summed E-state index contributed by atoms with van der Waals surface area (Å²) in [6.45, 7) is 0. The summed E-state index contributed by atoms with van der Waals surface area (Å²) in [6, 6.07) is 12.3. The van der Waals surface area contributed by atoms with Crippen LogP contribution >= 0.6 is 0 Å². The van der Waals surface area contributed by atoms with E-state index in [1.54, 1.807) is 36.7 Å². The smallest absolute Gasteiger partial charge is 0.161 e. The maximum absolute atomic E-state index is 12.8. The van der Waals surface area contributed by atoms with Crippen LogP contribution in [0.2, 0.25) is 0 Å². The predicted molar refractivity (Wildman–Crippen MR) is 145 cm³/mol. The van der Waals surface area contributed by atoms with E-state index in [9.17, 15) is 20.1 Å². The second kappa shape index (κ2) is 13.4. The quantitative estimate of drug-likeness (QED) is 0.287. The Hall–Kier alpha value is -3.45. The van der Waals surface area contributed by atoms with Gasteiger partial charge in [0.15, 0.2) is 23.0 Å². The summed E-state index contributed by atoms with van der Waals surface area (Å²) in [6.07, 6.45) is 10.3. The van der Waals surface area contributed by atoms with Crippen LogP contribution in [0.1, 0.15) is 61.6 Å². The number of aliphatic hydroxyl groups is 1. The van der Waals surface area contributed by atoms with E-state index in [4.69, 9.17) is 9.47 Å². The molecule has 0 aliphatic heterocycles. The van der Waals surface area contributed by atoms with Gasteiger partial charge in [0.05, 0.1) is 19.3 Å². The van der Waals surface area contributed by atoms with E-state index in [-0.39, 0.29) is 42.1 Å². The number of hydrogen-bond acceptors (Lipinski definition) is 6. The highest BCUT2D eigenvalue weighted by Gasteiger charge is 2.24. The summed E-state index contributed by atoms with van der Waals surface area (Å²) in [5, 5.41) is 31.3. The van der Waals surface area contributed by atoms with Gasteiger partial charge in [0.1, 0.15) is 5.78 Å². The van der Waals surface area contributed by atoms with Gasteiger partial charge in [0.2, 0.25) is 0 Å². The Bertz CT molecular complexity index is 1170. The van der Waals surface area contributed by atoms with Crippen molar-refractivity contribution in [3.05, 3.63) is 71.5 Å². The molecule has 1 aliphatic rings. The second-order valence-corrected chi connectivity index (χ2v) is 10.3. The first-order valence-electron chi connectivity index (χ1n) is 13.5. The molecule has 0 bridgehead atoms. The Morgan fingerprint density at radius 3 is 2.34 bits per heavy atom.